The summed E-state index contributed by atoms with van der Waals surface area (Å²) in [5, 5.41) is 9.60. The summed E-state index contributed by atoms with van der Waals surface area (Å²) in [6.45, 7) is 4.27. The van der Waals surface area contributed by atoms with Gasteiger partial charge in [-0.1, -0.05) is 0 Å². The summed E-state index contributed by atoms with van der Waals surface area (Å²) in [5.74, 6) is -0.753. The van der Waals surface area contributed by atoms with Crippen LogP contribution in [0, 0.1) is 5.82 Å². The highest BCUT2D eigenvalue weighted by Gasteiger charge is 2.21. The number of amides is 1. The predicted octanol–water partition coefficient (Wildman–Crippen LogP) is 3.01. The first-order valence-corrected chi connectivity index (χ1v) is 6.36. The van der Waals surface area contributed by atoms with Gasteiger partial charge >= 0.3 is 0 Å². The van der Waals surface area contributed by atoms with Gasteiger partial charge in [0.25, 0.3) is 5.91 Å². The summed E-state index contributed by atoms with van der Waals surface area (Å²) < 4.78 is 12.9. The molecule has 100 valence electrons. The van der Waals surface area contributed by atoms with Crippen molar-refractivity contribution < 1.29 is 14.3 Å². The number of hydrogen-bond donors (Lipinski definition) is 1. The van der Waals surface area contributed by atoms with Crippen LogP contribution in [0.2, 0.25) is 0 Å². The van der Waals surface area contributed by atoms with E-state index in [1.165, 1.54) is 6.07 Å². The number of benzene rings is 1. The van der Waals surface area contributed by atoms with E-state index in [4.69, 9.17) is 11.6 Å². The molecule has 0 heterocycles. The van der Waals surface area contributed by atoms with Crippen LogP contribution < -0.4 is 0 Å². The summed E-state index contributed by atoms with van der Waals surface area (Å²) in [7, 11) is 0. The Morgan fingerprint density at radius 1 is 1.50 bits per heavy atom. The van der Waals surface area contributed by atoms with Crippen molar-refractivity contribution in [3.05, 3.63) is 29.6 Å². The Bertz CT molecular complexity index is 423. The number of hydrogen-bond acceptors (Lipinski definition) is 2. The second-order valence-electron chi connectivity index (χ2n) is 4.30. The molecule has 0 bridgehead atoms. The summed E-state index contributed by atoms with van der Waals surface area (Å²) in [6.07, 6.45) is 0.674. The van der Waals surface area contributed by atoms with Gasteiger partial charge in [-0.05, 0) is 32.4 Å². The average molecular weight is 274 g/mol. The van der Waals surface area contributed by atoms with Crippen LogP contribution in [-0.2, 0) is 0 Å². The van der Waals surface area contributed by atoms with Crippen molar-refractivity contribution in [2.75, 3.05) is 12.4 Å². The Hall–Kier alpha value is -1.29. The molecule has 0 atom stereocenters. The minimum absolute atomic E-state index is 0.00910. The van der Waals surface area contributed by atoms with Crippen molar-refractivity contribution in [2.24, 2.45) is 0 Å². The second-order valence-corrected chi connectivity index (χ2v) is 4.67. The monoisotopic (exact) mass is 273 g/mol. The van der Waals surface area contributed by atoms with Gasteiger partial charge in [0.1, 0.15) is 11.6 Å². The van der Waals surface area contributed by atoms with E-state index in [0.29, 0.717) is 18.8 Å². The van der Waals surface area contributed by atoms with Crippen LogP contribution in [0.25, 0.3) is 0 Å². The normalized spacial score (nSPS) is 10.7. The topological polar surface area (TPSA) is 40.5 Å². The van der Waals surface area contributed by atoms with Gasteiger partial charge in [-0.15, -0.1) is 11.6 Å². The first-order valence-electron chi connectivity index (χ1n) is 5.82. The van der Waals surface area contributed by atoms with E-state index >= 15 is 0 Å². The highest BCUT2D eigenvalue weighted by Crippen LogP contribution is 2.21. The lowest BCUT2D eigenvalue weighted by Crippen LogP contribution is -2.37. The molecule has 5 heteroatoms. The van der Waals surface area contributed by atoms with Crippen molar-refractivity contribution in [1.82, 2.24) is 4.90 Å². The average Bonchev–Trinajstić information content (AvgIpc) is 2.28. The standard InChI is InChI=1S/C13H17ClFNO2/c1-9(2)16(7-3-6-14)13(18)11-5-4-10(15)8-12(11)17/h4-5,8-9,17H,3,6-7H2,1-2H3. The molecule has 0 fully saturated rings. The third-order valence-electron chi connectivity index (χ3n) is 2.61. The maximum atomic E-state index is 12.9. The molecule has 0 aliphatic carbocycles. The van der Waals surface area contributed by atoms with Gasteiger partial charge in [0.05, 0.1) is 5.56 Å². The highest BCUT2D eigenvalue weighted by atomic mass is 35.5. The van der Waals surface area contributed by atoms with E-state index < -0.39 is 5.82 Å². The van der Waals surface area contributed by atoms with Crippen LogP contribution in [0.5, 0.6) is 5.75 Å². The SMILES string of the molecule is CC(C)N(CCCCl)C(=O)c1ccc(F)cc1O. The largest absolute Gasteiger partial charge is 0.507 e. The summed E-state index contributed by atoms with van der Waals surface area (Å²) in [5.41, 5.74) is 0.111. The first-order chi connectivity index (χ1) is 8.47. The Balaban J connectivity index is 2.94. The van der Waals surface area contributed by atoms with Crippen molar-refractivity contribution in [3.63, 3.8) is 0 Å². The Kier molecular flexibility index (Phi) is 5.41. The molecule has 3 nitrogen and oxygen atoms in total. The van der Waals surface area contributed by atoms with Crippen molar-refractivity contribution >= 4 is 17.5 Å². The summed E-state index contributed by atoms with van der Waals surface area (Å²) in [6, 6.07) is 3.38. The van der Waals surface area contributed by atoms with E-state index in [1.54, 1.807) is 4.90 Å². The van der Waals surface area contributed by atoms with Crippen molar-refractivity contribution in [2.45, 2.75) is 26.3 Å². The number of phenols is 1. The number of nitrogens with zero attached hydrogens (tertiary/aromatic N) is 1. The van der Waals surface area contributed by atoms with Crippen LogP contribution in [0.3, 0.4) is 0 Å². The minimum atomic E-state index is -0.569. The van der Waals surface area contributed by atoms with E-state index in [0.717, 1.165) is 12.1 Å². The molecule has 0 unspecified atom stereocenters. The molecule has 0 saturated carbocycles. The lowest BCUT2D eigenvalue weighted by Gasteiger charge is -2.26. The Labute approximate surface area is 111 Å². The molecule has 18 heavy (non-hydrogen) atoms. The number of halogens is 2. The molecule has 0 aliphatic rings. The second kappa shape index (κ2) is 6.59. The molecular weight excluding hydrogens is 257 g/mol. The molecule has 0 radical (unpaired) electrons. The Morgan fingerprint density at radius 2 is 2.17 bits per heavy atom. The molecule has 1 amide bonds. The predicted molar refractivity (Wildman–Crippen MR) is 69.6 cm³/mol. The Morgan fingerprint density at radius 3 is 2.67 bits per heavy atom. The van der Waals surface area contributed by atoms with Crippen LogP contribution in [0.1, 0.15) is 30.6 Å². The van der Waals surface area contributed by atoms with Gasteiger partial charge in [0.15, 0.2) is 0 Å². The fourth-order valence-electron chi connectivity index (χ4n) is 1.66. The van der Waals surface area contributed by atoms with Crippen LogP contribution >= 0.6 is 11.6 Å². The maximum Gasteiger partial charge on any atom is 0.257 e. The molecule has 1 N–H and O–H groups in total. The van der Waals surface area contributed by atoms with E-state index in [1.807, 2.05) is 13.8 Å². The zero-order valence-corrected chi connectivity index (χ0v) is 11.2. The smallest absolute Gasteiger partial charge is 0.257 e. The molecule has 0 aromatic heterocycles. The minimum Gasteiger partial charge on any atom is -0.507 e. The van der Waals surface area contributed by atoms with Gasteiger partial charge in [-0.2, -0.15) is 0 Å². The van der Waals surface area contributed by atoms with E-state index in [2.05, 4.69) is 0 Å². The third-order valence-corrected chi connectivity index (χ3v) is 2.87. The van der Waals surface area contributed by atoms with E-state index in [9.17, 15) is 14.3 Å². The van der Waals surface area contributed by atoms with Gasteiger partial charge in [-0.3, -0.25) is 4.79 Å². The number of carbonyl (C=O) groups excluding carboxylic acids is 1. The lowest BCUT2D eigenvalue weighted by atomic mass is 10.1. The molecular formula is C13H17ClFNO2. The highest BCUT2D eigenvalue weighted by molar-refractivity contribution is 6.17. The van der Waals surface area contributed by atoms with Gasteiger partial charge in [0.2, 0.25) is 0 Å². The van der Waals surface area contributed by atoms with Gasteiger partial charge in [-0.25, -0.2) is 4.39 Å². The molecule has 1 rings (SSSR count). The zero-order valence-electron chi connectivity index (χ0n) is 10.5. The molecule has 0 saturated heterocycles. The zero-order chi connectivity index (χ0) is 13.7. The summed E-state index contributed by atoms with van der Waals surface area (Å²) in [4.78, 5) is 13.8. The molecule has 1 aromatic carbocycles. The number of phenolic OH excluding ortho intramolecular Hbond substituents is 1. The van der Waals surface area contributed by atoms with Crippen LogP contribution in [0.4, 0.5) is 4.39 Å². The van der Waals surface area contributed by atoms with Crippen molar-refractivity contribution in [3.8, 4) is 5.75 Å². The van der Waals surface area contributed by atoms with Crippen LogP contribution in [-0.4, -0.2) is 34.4 Å². The molecule has 0 aliphatic heterocycles. The lowest BCUT2D eigenvalue weighted by molar-refractivity contribution is 0.0703. The molecule has 0 spiro atoms. The van der Waals surface area contributed by atoms with Crippen LogP contribution in [0.15, 0.2) is 18.2 Å². The fraction of sp³-hybridized carbons (Fsp3) is 0.462. The van der Waals surface area contributed by atoms with Gasteiger partial charge < -0.3 is 10.0 Å². The number of aromatic hydroxyl groups is 1. The van der Waals surface area contributed by atoms with E-state index in [-0.39, 0.29) is 23.3 Å². The van der Waals surface area contributed by atoms with Gasteiger partial charge in [0, 0.05) is 24.5 Å². The van der Waals surface area contributed by atoms with Crippen molar-refractivity contribution in [1.29, 1.82) is 0 Å². The maximum absolute atomic E-state index is 12.9. The number of rotatable bonds is 5. The summed E-state index contributed by atoms with van der Waals surface area (Å²) >= 11 is 5.62. The number of carbonyl (C=O) groups is 1. The molecule has 1 aromatic rings. The first kappa shape index (κ1) is 14.8. The third kappa shape index (κ3) is 3.60. The number of alkyl halides is 1. The quantitative estimate of drug-likeness (QED) is 0.838. The fourth-order valence-corrected chi connectivity index (χ4v) is 1.78.